The van der Waals surface area contributed by atoms with E-state index < -0.39 is 16.7 Å². The molecule has 0 aromatic heterocycles. The molecule has 2 N–H and O–H groups in total. The van der Waals surface area contributed by atoms with Crippen LogP contribution in [0.1, 0.15) is 37.8 Å². The molecule has 0 bridgehead atoms. The lowest BCUT2D eigenvalue weighted by atomic mass is 10.1. The van der Waals surface area contributed by atoms with E-state index in [2.05, 4.69) is 5.32 Å². The third kappa shape index (κ3) is 7.33. The molecular weight excluding hydrogens is 485 g/mol. The number of fused-ring (bicyclic) bond motifs is 1. The molecule has 34 heavy (non-hydrogen) atoms. The smallest absolute Gasteiger partial charge is 0.446 e. The molecule has 184 valence electrons. The highest BCUT2D eigenvalue weighted by Crippen LogP contribution is 2.37. The molecular formula is C24H27F3N2O3S2. The fourth-order valence-electron chi connectivity index (χ4n) is 3.83. The van der Waals surface area contributed by atoms with Gasteiger partial charge in [0.05, 0.1) is 0 Å². The minimum atomic E-state index is -4.36. The quantitative estimate of drug-likeness (QED) is 0.368. The fourth-order valence-corrected chi connectivity index (χ4v) is 5.24. The number of hydrogen-bond donors (Lipinski definition) is 2. The van der Waals surface area contributed by atoms with Crippen molar-refractivity contribution in [2.75, 3.05) is 11.9 Å². The Morgan fingerprint density at radius 1 is 1.12 bits per heavy atom. The highest BCUT2D eigenvalue weighted by atomic mass is 32.2. The molecule has 0 radical (unpaired) electrons. The molecule has 1 aliphatic carbocycles. The Morgan fingerprint density at radius 3 is 2.38 bits per heavy atom. The number of carboxylic acid groups (broad SMARTS) is 1. The number of anilines is 1. The van der Waals surface area contributed by atoms with Crippen molar-refractivity contribution in [2.24, 2.45) is 0 Å². The van der Waals surface area contributed by atoms with Gasteiger partial charge in [-0.15, -0.1) is 11.8 Å². The van der Waals surface area contributed by atoms with Gasteiger partial charge in [-0.3, -0.25) is 4.79 Å². The van der Waals surface area contributed by atoms with Crippen LogP contribution in [0, 0.1) is 0 Å². The lowest BCUT2D eigenvalue weighted by molar-refractivity contribution is -0.136. The van der Waals surface area contributed by atoms with Gasteiger partial charge in [0.15, 0.2) is 0 Å². The molecule has 2 atom stereocenters. The molecule has 0 saturated carbocycles. The SMILES string of the molecule is CCCCN(C(=O)Nc1ccc(SC(F)(F)F)cc1)C1Cc2ccc(SC(C)C(=O)O)cc2C1. The molecule has 3 rings (SSSR count). The number of benzene rings is 2. The Hall–Kier alpha value is -2.33. The normalized spacial score (nSPS) is 16.1. The summed E-state index contributed by atoms with van der Waals surface area (Å²) < 4.78 is 37.6. The van der Waals surface area contributed by atoms with Crippen molar-refractivity contribution in [3.8, 4) is 0 Å². The van der Waals surface area contributed by atoms with E-state index in [1.54, 1.807) is 11.8 Å². The van der Waals surface area contributed by atoms with Crippen LogP contribution < -0.4 is 5.32 Å². The van der Waals surface area contributed by atoms with Gasteiger partial charge in [-0.1, -0.05) is 19.4 Å². The number of alkyl halides is 3. The van der Waals surface area contributed by atoms with Crippen molar-refractivity contribution in [1.82, 2.24) is 4.90 Å². The number of halogens is 3. The Labute approximate surface area is 205 Å². The highest BCUT2D eigenvalue weighted by Gasteiger charge is 2.31. The van der Waals surface area contributed by atoms with Gasteiger partial charge < -0.3 is 15.3 Å². The summed E-state index contributed by atoms with van der Waals surface area (Å²) in [6.45, 7) is 4.26. The summed E-state index contributed by atoms with van der Waals surface area (Å²) in [4.78, 5) is 27.0. The zero-order valence-corrected chi connectivity index (χ0v) is 20.5. The monoisotopic (exact) mass is 512 g/mol. The molecule has 2 aromatic rings. The number of carbonyl (C=O) groups excluding carboxylic acids is 1. The Kier molecular flexibility index (Phi) is 8.81. The van der Waals surface area contributed by atoms with E-state index in [1.807, 2.05) is 25.1 Å². The van der Waals surface area contributed by atoms with Gasteiger partial charge in [0.1, 0.15) is 5.25 Å². The van der Waals surface area contributed by atoms with Crippen LogP contribution in [0.3, 0.4) is 0 Å². The second-order valence-electron chi connectivity index (χ2n) is 8.14. The third-order valence-electron chi connectivity index (χ3n) is 5.54. The first-order chi connectivity index (χ1) is 16.1. The number of carboxylic acids is 1. The van der Waals surface area contributed by atoms with Crippen LogP contribution in [-0.4, -0.2) is 45.4 Å². The summed E-state index contributed by atoms with van der Waals surface area (Å²) >= 11 is 1.10. The summed E-state index contributed by atoms with van der Waals surface area (Å²) in [5, 5.41) is 11.4. The van der Waals surface area contributed by atoms with E-state index in [4.69, 9.17) is 5.11 Å². The van der Waals surface area contributed by atoms with E-state index >= 15 is 0 Å². The maximum absolute atomic E-state index is 13.1. The molecule has 2 amide bonds. The van der Waals surface area contributed by atoms with E-state index in [0.29, 0.717) is 25.1 Å². The number of nitrogens with zero attached hydrogens (tertiary/aromatic N) is 1. The summed E-state index contributed by atoms with van der Waals surface area (Å²) in [5.74, 6) is -0.865. The van der Waals surface area contributed by atoms with Crippen molar-refractivity contribution in [3.63, 3.8) is 0 Å². The van der Waals surface area contributed by atoms with Gasteiger partial charge >= 0.3 is 17.5 Å². The van der Waals surface area contributed by atoms with Gasteiger partial charge in [0.25, 0.3) is 0 Å². The minimum absolute atomic E-state index is 0.0428. The van der Waals surface area contributed by atoms with Crippen LogP contribution in [0.15, 0.2) is 52.3 Å². The third-order valence-corrected chi connectivity index (χ3v) is 7.36. The number of urea groups is 1. The van der Waals surface area contributed by atoms with Gasteiger partial charge in [-0.25, -0.2) is 4.79 Å². The number of hydrogen-bond acceptors (Lipinski definition) is 4. The van der Waals surface area contributed by atoms with Crippen LogP contribution >= 0.6 is 23.5 Å². The van der Waals surface area contributed by atoms with Gasteiger partial charge in [0.2, 0.25) is 0 Å². The maximum Gasteiger partial charge on any atom is 0.446 e. The fraction of sp³-hybridized carbons (Fsp3) is 0.417. The Balaban J connectivity index is 1.68. The predicted molar refractivity (Wildman–Crippen MR) is 130 cm³/mol. The van der Waals surface area contributed by atoms with E-state index in [9.17, 15) is 22.8 Å². The van der Waals surface area contributed by atoms with Crippen molar-refractivity contribution in [1.29, 1.82) is 0 Å². The molecule has 5 nitrogen and oxygen atoms in total. The van der Waals surface area contributed by atoms with Crippen molar-refractivity contribution in [3.05, 3.63) is 53.6 Å². The Bertz CT molecular complexity index is 1020. The molecule has 0 fully saturated rings. The maximum atomic E-state index is 13.1. The van der Waals surface area contributed by atoms with Crippen molar-refractivity contribution in [2.45, 2.75) is 66.1 Å². The zero-order chi connectivity index (χ0) is 24.9. The zero-order valence-electron chi connectivity index (χ0n) is 18.9. The average Bonchev–Trinajstić information content (AvgIpc) is 3.17. The van der Waals surface area contributed by atoms with E-state index in [-0.39, 0.29) is 28.7 Å². The summed E-state index contributed by atoms with van der Waals surface area (Å²) in [7, 11) is 0. The lowest BCUT2D eigenvalue weighted by Gasteiger charge is -2.29. The van der Waals surface area contributed by atoms with Crippen LogP contribution in [0.4, 0.5) is 23.7 Å². The second-order valence-corrected chi connectivity index (χ2v) is 10.7. The van der Waals surface area contributed by atoms with E-state index in [1.165, 1.54) is 36.0 Å². The summed E-state index contributed by atoms with van der Waals surface area (Å²) in [6, 6.07) is 11.2. The first-order valence-electron chi connectivity index (χ1n) is 11.0. The molecule has 2 unspecified atom stereocenters. The lowest BCUT2D eigenvalue weighted by Crippen LogP contribution is -2.44. The topological polar surface area (TPSA) is 69.6 Å². The van der Waals surface area contributed by atoms with Crippen LogP contribution in [0.2, 0.25) is 0 Å². The van der Waals surface area contributed by atoms with Gasteiger partial charge in [0, 0.05) is 28.1 Å². The van der Waals surface area contributed by atoms with Crippen LogP contribution in [0.5, 0.6) is 0 Å². The molecule has 2 aromatic carbocycles. The molecule has 0 spiro atoms. The second kappa shape index (κ2) is 11.4. The van der Waals surface area contributed by atoms with Gasteiger partial charge in [-0.05, 0) is 85.5 Å². The molecule has 10 heteroatoms. The van der Waals surface area contributed by atoms with Crippen LogP contribution in [0.25, 0.3) is 0 Å². The number of thioether (sulfide) groups is 2. The first-order valence-corrected chi connectivity index (χ1v) is 12.7. The predicted octanol–water partition coefficient (Wildman–Crippen LogP) is 6.67. The van der Waals surface area contributed by atoms with Gasteiger partial charge in [-0.2, -0.15) is 13.2 Å². The highest BCUT2D eigenvalue weighted by molar-refractivity contribution is 8.00. The summed E-state index contributed by atoms with van der Waals surface area (Å²) in [5.41, 5.74) is -1.67. The molecule has 0 saturated heterocycles. The molecule has 0 aliphatic heterocycles. The number of rotatable bonds is 9. The standard InChI is InChI=1S/C24H27F3N2O3S2/c1-3-4-11-29(23(32)28-18-6-9-20(10-7-18)34-24(25,26)27)19-12-16-5-8-21(14-17(16)13-19)33-15(2)22(30)31/h5-10,14-15,19H,3-4,11-13H2,1-2H3,(H,28,32)(H,30,31). The van der Waals surface area contributed by atoms with Crippen LogP contribution in [-0.2, 0) is 17.6 Å². The summed E-state index contributed by atoms with van der Waals surface area (Å²) in [6.07, 6.45) is 3.12. The first kappa shape index (κ1) is 26.3. The Morgan fingerprint density at radius 2 is 1.76 bits per heavy atom. The van der Waals surface area contributed by atoms with E-state index in [0.717, 1.165) is 28.9 Å². The average molecular weight is 513 g/mol. The number of nitrogens with one attached hydrogen (secondary N) is 1. The largest absolute Gasteiger partial charge is 0.480 e. The number of carbonyl (C=O) groups is 2. The minimum Gasteiger partial charge on any atom is -0.480 e. The number of aliphatic carboxylic acids is 1. The van der Waals surface area contributed by atoms with Crippen molar-refractivity contribution >= 4 is 41.2 Å². The van der Waals surface area contributed by atoms with Crippen molar-refractivity contribution < 1.29 is 27.9 Å². The molecule has 1 aliphatic rings. The number of amides is 2. The molecule has 0 heterocycles. The number of unbranched alkanes of at least 4 members (excludes halogenated alkanes) is 1.